The Hall–Kier alpha value is -1.38. The molecule has 0 heterocycles. The zero-order chi connectivity index (χ0) is 9.68. The van der Waals surface area contributed by atoms with Crippen LogP contribution in [0.2, 0.25) is 0 Å². The largest absolute Gasteiger partial charge is 0.324 e. The predicted molar refractivity (Wildman–Crippen MR) is 49.9 cm³/mol. The summed E-state index contributed by atoms with van der Waals surface area (Å²) in [6.45, 7) is 1.90. The van der Waals surface area contributed by atoms with Crippen molar-refractivity contribution in [3.63, 3.8) is 0 Å². The van der Waals surface area contributed by atoms with Gasteiger partial charge in [0, 0.05) is 6.42 Å². The van der Waals surface area contributed by atoms with Gasteiger partial charge in [0.1, 0.15) is 5.82 Å². The van der Waals surface area contributed by atoms with Crippen molar-refractivity contribution >= 4 is 11.6 Å². The van der Waals surface area contributed by atoms with Crippen molar-refractivity contribution in [2.24, 2.45) is 0 Å². The molecule has 0 bridgehead atoms. The quantitative estimate of drug-likeness (QED) is 0.762. The summed E-state index contributed by atoms with van der Waals surface area (Å²) < 4.78 is 13.0. The van der Waals surface area contributed by atoms with Gasteiger partial charge in [-0.3, -0.25) is 4.79 Å². The maximum atomic E-state index is 13.0. The SMILES string of the molecule is CCCC(=O)Nc1ccccc1F. The number of carbonyl (C=O) groups excluding carboxylic acids is 1. The molecule has 0 atom stereocenters. The van der Waals surface area contributed by atoms with Gasteiger partial charge in [-0.1, -0.05) is 19.1 Å². The Morgan fingerprint density at radius 2 is 2.15 bits per heavy atom. The second-order valence-corrected chi connectivity index (χ2v) is 2.78. The van der Waals surface area contributed by atoms with Crippen molar-refractivity contribution < 1.29 is 9.18 Å². The fourth-order valence-corrected chi connectivity index (χ4v) is 1.00. The normalized spacial score (nSPS) is 9.69. The number of carbonyl (C=O) groups is 1. The average molecular weight is 181 g/mol. The van der Waals surface area contributed by atoms with E-state index in [2.05, 4.69) is 5.32 Å². The Morgan fingerprint density at radius 1 is 1.46 bits per heavy atom. The van der Waals surface area contributed by atoms with Gasteiger partial charge >= 0.3 is 0 Å². The smallest absolute Gasteiger partial charge is 0.224 e. The van der Waals surface area contributed by atoms with Crippen LogP contribution in [0, 0.1) is 5.82 Å². The van der Waals surface area contributed by atoms with Gasteiger partial charge in [0.2, 0.25) is 5.91 Å². The van der Waals surface area contributed by atoms with Crippen molar-refractivity contribution in [2.75, 3.05) is 5.32 Å². The highest BCUT2D eigenvalue weighted by Gasteiger charge is 2.03. The summed E-state index contributed by atoms with van der Waals surface area (Å²) in [5.74, 6) is -0.542. The van der Waals surface area contributed by atoms with Gasteiger partial charge in [-0.15, -0.1) is 0 Å². The van der Waals surface area contributed by atoms with E-state index in [1.54, 1.807) is 18.2 Å². The van der Waals surface area contributed by atoms with Gasteiger partial charge in [-0.05, 0) is 18.6 Å². The van der Waals surface area contributed by atoms with E-state index in [-0.39, 0.29) is 11.6 Å². The number of hydrogen-bond acceptors (Lipinski definition) is 1. The lowest BCUT2D eigenvalue weighted by molar-refractivity contribution is -0.116. The van der Waals surface area contributed by atoms with Crippen LogP contribution in [-0.2, 0) is 4.79 Å². The maximum absolute atomic E-state index is 13.0. The molecule has 0 saturated heterocycles. The van der Waals surface area contributed by atoms with Gasteiger partial charge < -0.3 is 5.32 Å². The first kappa shape index (κ1) is 9.71. The molecule has 0 aromatic heterocycles. The lowest BCUT2D eigenvalue weighted by Crippen LogP contribution is -2.11. The third kappa shape index (κ3) is 2.86. The van der Waals surface area contributed by atoms with E-state index in [0.717, 1.165) is 6.42 Å². The molecule has 1 aromatic rings. The van der Waals surface area contributed by atoms with Crippen LogP contribution in [0.1, 0.15) is 19.8 Å². The Balaban J connectivity index is 2.63. The Kier molecular flexibility index (Phi) is 3.43. The summed E-state index contributed by atoms with van der Waals surface area (Å²) in [6, 6.07) is 6.14. The molecule has 0 spiro atoms. The minimum Gasteiger partial charge on any atom is -0.324 e. The van der Waals surface area contributed by atoms with Crippen LogP contribution in [0.5, 0.6) is 0 Å². The Bertz CT molecular complexity index is 299. The maximum Gasteiger partial charge on any atom is 0.224 e. The van der Waals surface area contributed by atoms with Crippen molar-refractivity contribution in [1.29, 1.82) is 0 Å². The molecule has 70 valence electrons. The molecule has 0 saturated carbocycles. The van der Waals surface area contributed by atoms with Crippen molar-refractivity contribution in [1.82, 2.24) is 0 Å². The Labute approximate surface area is 76.8 Å². The number of benzene rings is 1. The number of amides is 1. The molecule has 1 amide bonds. The van der Waals surface area contributed by atoms with Gasteiger partial charge in [-0.2, -0.15) is 0 Å². The number of hydrogen-bond donors (Lipinski definition) is 1. The molecule has 0 radical (unpaired) electrons. The number of halogens is 1. The molecular formula is C10H12FNO. The van der Waals surface area contributed by atoms with E-state index in [0.29, 0.717) is 6.42 Å². The van der Waals surface area contributed by atoms with Crippen LogP contribution < -0.4 is 5.32 Å². The molecule has 2 nitrogen and oxygen atoms in total. The number of para-hydroxylation sites is 1. The van der Waals surface area contributed by atoms with Gasteiger partial charge in [-0.25, -0.2) is 4.39 Å². The summed E-state index contributed by atoms with van der Waals surface area (Å²) in [7, 11) is 0. The van der Waals surface area contributed by atoms with Crippen LogP contribution in [0.15, 0.2) is 24.3 Å². The highest BCUT2D eigenvalue weighted by Crippen LogP contribution is 2.12. The number of rotatable bonds is 3. The second kappa shape index (κ2) is 4.60. The Morgan fingerprint density at radius 3 is 2.77 bits per heavy atom. The minimum atomic E-state index is -0.396. The summed E-state index contributed by atoms with van der Waals surface area (Å²) >= 11 is 0. The molecule has 0 fully saturated rings. The summed E-state index contributed by atoms with van der Waals surface area (Å²) in [5.41, 5.74) is 0.251. The van der Waals surface area contributed by atoms with Crippen molar-refractivity contribution in [2.45, 2.75) is 19.8 Å². The first-order valence-corrected chi connectivity index (χ1v) is 4.28. The molecule has 0 unspecified atom stereocenters. The minimum absolute atomic E-state index is 0.146. The van der Waals surface area contributed by atoms with E-state index in [1.165, 1.54) is 6.07 Å². The standard InChI is InChI=1S/C10H12FNO/c1-2-5-10(13)12-9-7-4-3-6-8(9)11/h3-4,6-7H,2,5H2,1H3,(H,12,13). The zero-order valence-electron chi connectivity index (χ0n) is 7.51. The molecular weight excluding hydrogens is 169 g/mol. The molecule has 1 N–H and O–H groups in total. The van der Waals surface area contributed by atoms with Crippen LogP contribution in [0.25, 0.3) is 0 Å². The highest BCUT2D eigenvalue weighted by atomic mass is 19.1. The first-order chi connectivity index (χ1) is 6.24. The van der Waals surface area contributed by atoms with Gasteiger partial charge in [0.15, 0.2) is 0 Å². The third-order valence-electron chi connectivity index (χ3n) is 1.63. The van der Waals surface area contributed by atoms with Gasteiger partial charge in [0.05, 0.1) is 5.69 Å². The summed E-state index contributed by atoms with van der Waals surface area (Å²) in [5, 5.41) is 2.50. The van der Waals surface area contributed by atoms with Crippen LogP contribution >= 0.6 is 0 Å². The number of anilines is 1. The lowest BCUT2D eigenvalue weighted by Gasteiger charge is -2.04. The third-order valence-corrected chi connectivity index (χ3v) is 1.63. The fraction of sp³-hybridized carbons (Fsp3) is 0.300. The second-order valence-electron chi connectivity index (χ2n) is 2.78. The summed E-state index contributed by atoms with van der Waals surface area (Å²) in [4.78, 5) is 11.1. The van der Waals surface area contributed by atoms with Crippen molar-refractivity contribution in [3.05, 3.63) is 30.1 Å². The van der Waals surface area contributed by atoms with E-state index in [9.17, 15) is 9.18 Å². The topological polar surface area (TPSA) is 29.1 Å². The first-order valence-electron chi connectivity index (χ1n) is 4.28. The van der Waals surface area contributed by atoms with Crippen LogP contribution in [-0.4, -0.2) is 5.91 Å². The average Bonchev–Trinajstić information content (AvgIpc) is 2.09. The molecule has 1 rings (SSSR count). The highest BCUT2D eigenvalue weighted by molar-refractivity contribution is 5.90. The van der Waals surface area contributed by atoms with E-state index in [4.69, 9.17) is 0 Å². The molecule has 0 aliphatic carbocycles. The van der Waals surface area contributed by atoms with Gasteiger partial charge in [0.25, 0.3) is 0 Å². The van der Waals surface area contributed by atoms with Crippen molar-refractivity contribution in [3.8, 4) is 0 Å². The monoisotopic (exact) mass is 181 g/mol. The van der Waals surface area contributed by atoms with E-state index >= 15 is 0 Å². The molecule has 3 heteroatoms. The summed E-state index contributed by atoms with van der Waals surface area (Å²) in [6.07, 6.45) is 1.19. The van der Waals surface area contributed by atoms with E-state index in [1.807, 2.05) is 6.92 Å². The molecule has 13 heavy (non-hydrogen) atoms. The molecule has 0 aliphatic rings. The predicted octanol–water partition coefficient (Wildman–Crippen LogP) is 2.56. The lowest BCUT2D eigenvalue weighted by atomic mass is 10.2. The van der Waals surface area contributed by atoms with E-state index < -0.39 is 5.82 Å². The number of nitrogens with one attached hydrogen (secondary N) is 1. The molecule has 1 aromatic carbocycles. The molecule has 0 aliphatic heterocycles. The van der Waals surface area contributed by atoms with Crippen LogP contribution in [0.3, 0.4) is 0 Å². The fourth-order valence-electron chi connectivity index (χ4n) is 1.00. The zero-order valence-corrected chi connectivity index (χ0v) is 7.51. The van der Waals surface area contributed by atoms with Crippen LogP contribution in [0.4, 0.5) is 10.1 Å².